The molecule has 0 saturated carbocycles. The van der Waals surface area contributed by atoms with Gasteiger partial charge < -0.3 is 39.9 Å². The molecular weight excluding hydrogens is 577 g/mol. The molecule has 4 bridgehead atoms. The standard InChI is InChI=1S/C31H37F3N6O4/c1-38-10-7-25-21(18-38)8-12-43-14-15-44-13-11-39-19-22(16-28(39)29(35)41)30(42)36-9-3-4-23-17-24-26(37-25)5-2-6-27(24)40(23)20-31(32,33)34/h2,5-6,16-17,19,21,25,37H,7-15,18,20H2,1H3,(H2,35,41)(H,36,42). The maximum atomic E-state index is 13.7. The van der Waals surface area contributed by atoms with Gasteiger partial charge in [0.15, 0.2) is 0 Å². The number of ether oxygens (including phenoxy) is 2. The van der Waals surface area contributed by atoms with Gasteiger partial charge in [-0.2, -0.15) is 13.2 Å². The van der Waals surface area contributed by atoms with Gasteiger partial charge >= 0.3 is 6.18 Å². The van der Waals surface area contributed by atoms with Crippen LogP contribution in [-0.4, -0.2) is 91.2 Å². The summed E-state index contributed by atoms with van der Waals surface area (Å²) in [5.41, 5.74) is 7.23. The minimum atomic E-state index is -4.46. The van der Waals surface area contributed by atoms with E-state index in [-0.39, 0.29) is 42.1 Å². The van der Waals surface area contributed by atoms with Gasteiger partial charge in [0.2, 0.25) is 0 Å². The lowest BCUT2D eigenvalue weighted by Crippen LogP contribution is -2.45. The maximum Gasteiger partial charge on any atom is 0.406 e. The predicted molar refractivity (Wildman–Crippen MR) is 159 cm³/mol. The molecular formula is C31H37F3N6O4. The van der Waals surface area contributed by atoms with Crippen LogP contribution in [0.25, 0.3) is 10.9 Å². The fraction of sp³-hybridized carbons (Fsp3) is 0.484. The van der Waals surface area contributed by atoms with E-state index in [0.717, 1.165) is 36.2 Å². The molecule has 1 saturated heterocycles. The molecule has 2 amide bonds. The zero-order valence-electron chi connectivity index (χ0n) is 24.6. The van der Waals surface area contributed by atoms with Crippen LogP contribution in [-0.2, 0) is 22.6 Å². The summed E-state index contributed by atoms with van der Waals surface area (Å²) < 4.78 is 55.3. The number of amides is 2. The van der Waals surface area contributed by atoms with Crippen molar-refractivity contribution in [1.29, 1.82) is 0 Å². The van der Waals surface area contributed by atoms with Crippen LogP contribution in [0.5, 0.6) is 0 Å². The molecule has 13 heteroatoms. The van der Waals surface area contributed by atoms with Crippen molar-refractivity contribution in [3.63, 3.8) is 0 Å². The summed E-state index contributed by atoms with van der Waals surface area (Å²) >= 11 is 0. The van der Waals surface area contributed by atoms with Crippen LogP contribution in [0.3, 0.4) is 0 Å². The maximum absolute atomic E-state index is 13.7. The van der Waals surface area contributed by atoms with Crippen molar-refractivity contribution < 1.29 is 32.2 Å². The number of piperidine rings is 1. The molecule has 5 rings (SSSR count). The van der Waals surface area contributed by atoms with Gasteiger partial charge in [0.1, 0.15) is 12.2 Å². The minimum absolute atomic E-state index is 0.111. The third kappa shape index (κ3) is 7.74. The number of carbonyl (C=O) groups excluding carboxylic acids is 2. The Kier molecular flexibility index (Phi) is 9.83. The van der Waals surface area contributed by atoms with Crippen LogP contribution in [0.2, 0.25) is 0 Å². The van der Waals surface area contributed by atoms with E-state index in [0.29, 0.717) is 37.3 Å². The molecule has 2 aromatic heterocycles. The van der Waals surface area contributed by atoms with E-state index in [4.69, 9.17) is 15.2 Å². The lowest BCUT2D eigenvalue weighted by Gasteiger charge is -2.38. The predicted octanol–water partition coefficient (Wildman–Crippen LogP) is 3.05. The van der Waals surface area contributed by atoms with E-state index < -0.39 is 24.5 Å². The number of anilines is 1. The number of alkyl halides is 3. The summed E-state index contributed by atoms with van der Waals surface area (Å²) in [5.74, 6) is 4.69. The van der Waals surface area contributed by atoms with E-state index in [2.05, 4.69) is 34.4 Å². The Morgan fingerprint density at radius 3 is 2.68 bits per heavy atom. The van der Waals surface area contributed by atoms with Crippen LogP contribution < -0.4 is 16.4 Å². The van der Waals surface area contributed by atoms with Gasteiger partial charge in [0.25, 0.3) is 11.8 Å². The number of nitrogens with two attached hydrogens (primary N) is 1. The first-order valence-electron chi connectivity index (χ1n) is 14.7. The zero-order valence-corrected chi connectivity index (χ0v) is 24.6. The average Bonchev–Trinajstić information content (AvgIpc) is 3.55. The highest BCUT2D eigenvalue weighted by atomic mass is 19.4. The van der Waals surface area contributed by atoms with Gasteiger partial charge in [-0.3, -0.25) is 9.59 Å². The number of benzene rings is 1. The summed E-state index contributed by atoms with van der Waals surface area (Å²) in [4.78, 5) is 27.0. The lowest BCUT2D eigenvalue weighted by molar-refractivity contribution is -0.140. The number of likely N-dealkylation sites (tertiary alicyclic amines) is 1. The Labute approximate surface area is 253 Å². The highest BCUT2D eigenvalue weighted by molar-refractivity contribution is 5.99. The number of carbonyl (C=O) groups is 2. The number of nitrogens with zero attached hydrogens (tertiary/aromatic N) is 3. The van der Waals surface area contributed by atoms with Crippen molar-refractivity contribution in [2.45, 2.75) is 38.1 Å². The Hall–Kier alpha value is -3.99. The first-order valence-corrected chi connectivity index (χ1v) is 14.7. The van der Waals surface area contributed by atoms with Crippen molar-refractivity contribution in [3.05, 3.63) is 53.5 Å². The molecule has 0 aliphatic carbocycles. The molecule has 1 aromatic carbocycles. The van der Waals surface area contributed by atoms with E-state index in [9.17, 15) is 22.8 Å². The molecule has 236 valence electrons. The number of hydrogen-bond donors (Lipinski definition) is 3. The molecule has 0 radical (unpaired) electrons. The van der Waals surface area contributed by atoms with Gasteiger partial charge in [0, 0.05) is 43.0 Å². The smallest absolute Gasteiger partial charge is 0.381 e. The number of rotatable bonds is 2. The topological polar surface area (TPSA) is 116 Å². The van der Waals surface area contributed by atoms with E-state index in [1.165, 1.54) is 12.3 Å². The van der Waals surface area contributed by atoms with Crippen molar-refractivity contribution in [2.75, 3.05) is 58.4 Å². The van der Waals surface area contributed by atoms with Crippen LogP contribution in [0.15, 0.2) is 36.5 Å². The molecule has 2 aliphatic heterocycles. The fourth-order valence-corrected chi connectivity index (χ4v) is 5.87. The van der Waals surface area contributed by atoms with Crippen LogP contribution in [0.1, 0.15) is 39.4 Å². The van der Waals surface area contributed by atoms with Gasteiger partial charge in [-0.15, -0.1) is 0 Å². The molecule has 10 nitrogen and oxygen atoms in total. The first kappa shape index (κ1) is 31.4. The minimum Gasteiger partial charge on any atom is -0.381 e. The summed E-state index contributed by atoms with van der Waals surface area (Å²) in [6.45, 7) is 2.35. The van der Waals surface area contributed by atoms with Crippen LogP contribution in [0, 0.1) is 17.8 Å². The summed E-state index contributed by atoms with van der Waals surface area (Å²) in [5, 5.41) is 6.92. The van der Waals surface area contributed by atoms with E-state index in [1.807, 2.05) is 6.07 Å². The quantitative estimate of drug-likeness (QED) is 0.383. The molecule has 2 atom stereocenters. The molecule has 4 N–H and O–H groups in total. The van der Waals surface area contributed by atoms with Crippen LogP contribution >= 0.6 is 0 Å². The molecule has 2 unspecified atom stereocenters. The highest BCUT2D eigenvalue weighted by Crippen LogP contribution is 2.32. The van der Waals surface area contributed by atoms with Gasteiger partial charge in [-0.25, -0.2) is 0 Å². The normalized spacial score (nSPS) is 21.1. The molecule has 0 spiro atoms. The largest absolute Gasteiger partial charge is 0.406 e. The second-order valence-electron chi connectivity index (χ2n) is 11.2. The average molecular weight is 615 g/mol. The third-order valence-corrected chi connectivity index (χ3v) is 8.01. The third-order valence-electron chi connectivity index (χ3n) is 8.01. The SMILES string of the molecule is CN1CCC2Nc3cccc4c3cc(n4CC(F)(F)F)C#CCNC(=O)c3cc(C(N)=O)n(c3)CCOCCOCCC2C1. The number of aromatic nitrogens is 2. The molecule has 44 heavy (non-hydrogen) atoms. The van der Waals surface area contributed by atoms with E-state index in [1.54, 1.807) is 22.8 Å². The molecule has 1 fully saturated rings. The van der Waals surface area contributed by atoms with Gasteiger partial charge in [-0.1, -0.05) is 12.0 Å². The van der Waals surface area contributed by atoms with Crippen molar-refractivity contribution in [1.82, 2.24) is 19.4 Å². The Bertz CT molecular complexity index is 1550. The summed E-state index contributed by atoms with van der Waals surface area (Å²) in [6.07, 6.45) is -1.27. The second kappa shape index (κ2) is 13.8. The van der Waals surface area contributed by atoms with Crippen molar-refractivity contribution >= 4 is 28.4 Å². The monoisotopic (exact) mass is 614 g/mol. The number of nitrogens with one attached hydrogen (secondary N) is 2. The first-order chi connectivity index (χ1) is 21.1. The number of hydrogen-bond acceptors (Lipinski definition) is 6. The fourth-order valence-electron chi connectivity index (χ4n) is 5.87. The zero-order chi connectivity index (χ0) is 31.3. The molecule has 3 aromatic rings. The van der Waals surface area contributed by atoms with E-state index >= 15 is 0 Å². The summed E-state index contributed by atoms with van der Waals surface area (Å²) in [6, 6.07) is 8.46. The highest BCUT2D eigenvalue weighted by Gasteiger charge is 2.31. The van der Waals surface area contributed by atoms with Crippen LogP contribution in [0.4, 0.5) is 18.9 Å². The Morgan fingerprint density at radius 2 is 1.91 bits per heavy atom. The number of fused-ring (bicyclic) bond motifs is 4. The Balaban J connectivity index is 1.46. The number of halogens is 3. The second-order valence-corrected chi connectivity index (χ2v) is 11.2. The number of primary amides is 1. The van der Waals surface area contributed by atoms with Gasteiger partial charge in [-0.05, 0) is 62.5 Å². The lowest BCUT2D eigenvalue weighted by atomic mass is 9.89. The summed E-state index contributed by atoms with van der Waals surface area (Å²) in [7, 11) is 2.08. The van der Waals surface area contributed by atoms with Crippen molar-refractivity contribution in [3.8, 4) is 11.8 Å². The Morgan fingerprint density at radius 1 is 1.11 bits per heavy atom. The molecule has 4 heterocycles. The molecule has 2 aliphatic rings. The van der Waals surface area contributed by atoms with Crippen molar-refractivity contribution in [2.24, 2.45) is 11.7 Å². The van der Waals surface area contributed by atoms with Gasteiger partial charge in [0.05, 0.1) is 43.1 Å².